The number of benzene rings is 11. The van der Waals surface area contributed by atoms with Gasteiger partial charge in [-0.1, -0.05) is 158 Å². The van der Waals surface area contributed by atoms with Gasteiger partial charge in [0.05, 0.1) is 22.1 Å². The van der Waals surface area contributed by atoms with E-state index >= 15 is 0 Å². The van der Waals surface area contributed by atoms with Gasteiger partial charge in [0.1, 0.15) is 28.0 Å². The van der Waals surface area contributed by atoms with Gasteiger partial charge in [-0.2, -0.15) is 0 Å². The number of fused-ring (bicyclic) bond motifs is 12. The molecule has 6 heteroatoms. The van der Waals surface area contributed by atoms with Gasteiger partial charge in [0.2, 0.25) is 0 Å². The topological polar surface area (TPSA) is 61.9 Å². The first-order valence-corrected chi connectivity index (χ1v) is 25.7. The Morgan fingerprint density at radius 1 is 0.263 bits per heavy atom. The molecule has 11 aromatic carbocycles. The van der Waals surface area contributed by atoms with Crippen LogP contribution in [0.4, 0.5) is 0 Å². The quantitative estimate of drug-likeness (QED) is 0.160. The molecule has 0 radical (unpaired) electrons. The molecule has 16 aromatic rings. The van der Waals surface area contributed by atoms with E-state index in [1.54, 1.807) is 0 Å². The zero-order valence-electron chi connectivity index (χ0n) is 40.9. The van der Waals surface area contributed by atoms with Gasteiger partial charge in [-0.3, -0.25) is 0 Å². The Labute approximate surface area is 435 Å². The Balaban J connectivity index is 0.867. The lowest BCUT2D eigenvalue weighted by molar-refractivity contribution is 0.667. The fraction of sp³-hybridized carbons (Fsp3) is 0. The van der Waals surface area contributed by atoms with E-state index in [2.05, 4.69) is 215 Å². The van der Waals surface area contributed by atoms with E-state index < -0.39 is 0 Å². The predicted octanol–water partition coefficient (Wildman–Crippen LogP) is 18.8. The maximum absolute atomic E-state index is 6.64. The van der Waals surface area contributed by atoms with Crippen LogP contribution in [0.1, 0.15) is 0 Å². The van der Waals surface area contributed by atoms with E-state index in [4.69, 9.17) is 18.8 Å². The van der Waals surface area contributed by atoms with Crippen LogP contribution in [0.25, 0.3) is 155 Å². The van der Waals surface area contributed by atoms with Crippen LogP contribution >= 0.6 is 0 Å². The number of nitrogens with zero attached hydrogens (tertiary/aromatic N) is 4. The number of hydrogen-bond donors (Lipinski definition) is 0. The fourth-order valence-corrected chi connectivity index (χ4v) is 11.7. The summed E-state index contributed by atoms with van der Waals surface area (Å²) in [5.74, 6) is 0.659. The summed E-state index contributed by atoms with van der Waals surface area (Å²) < 4.78 is 17.7. The van der Waals surface area contributed by atoms with Crippen LogP contribution in [0.15, 0.2) is 264 Å². The van der Waals surface area contributed by atoms with Gasteiger partial charge in [-0.25, -0.2) is 9.97 Å². The first-order chi connectivity index (χ1) is 37.6. The highest BCUT2D eigenvalue weighted by atomic mass is 16.3. The second kappa shape index (κ2) is 16.6. The van der Waals surface area contributed by atoms with E-state index in [0.29, 0.717) is 11.4 Å². The van der Waals surface area contributed by atoms with Crippen molar-refractivity contribution >= 4 is 87.6 Å². The van der Waals surface area contributed by atoms with E-state index in [1.165, 1.54) is 38.1 Å². The molecule has 0 unspecified atom stereocenters. The van der Waals surface area contributed by atoms with E-state index in [9.17, 15) is 0 Å². The zero-order valence-corrected chi connectivity index (χ0v) is 40.9. The van der Waals surface area contributed by atoms with Crippen LogP contribution in [0.2, 0.25) is 0 Å². The minimum absolute atomic E-state index is 0.659. The second-order valence-corrected chi connectivity index (χ2v) is 19.7. The Hall–Kier alpha value is -10.3. The molecule has 0 N–H and O–H groups in total. The maximum Gasteiger partial charge on any atom is 0.180 e. The van der Waals surface area contributed by atoms with Gasteiger partial charge in [0.25, 0.3) is 0 Å². The van der Waals surface area contributed by atoms with E-state index in [1.807, 2.05) is 48.5 Å². The summed E-state index contributed by atoms with van der Waals surface area (Å²) in [5.41, 5.74) is 20.3. The van der Waals surface area contributed by atoms with Gasteiger partial charge in [0, 0.05) is 60.2 Å². The van der Waals surface area contributed by atoms with Crippen molar-refractivity contribution in [2.75, 3.05) is 0 Å². The number of rotatable bonds is 7. The molecular formula is C70H42N4O2. The highest BCUT2D eigenvalue weighted by molar-refractivity contribution is 6.14. The molecule has 76 heavy (non-hydrogen) atoms. The van der Waals surface area contributed by atoms with E-state index in [-0.39, 0.29) is 0 Å². The third kappa shape index (κ3) is 6.61. The summed E-state index contributed by atoms with van der Waals surface area (Å²) in [6.07, 6.45) is 0. The van der Waals surface area contributed by atoms with E-state index in [0.717, 1.165) is 105 Å². The highest BCUT2D eigenvalue weighted by Crippen LogP contribution is 2.42. The molecule has 354 valence electrons. The number of aromatic nitrogens is 4. The lowest BCUT2D eigenvalue weighted by Crippen LogP contribution is -1.94. The van der Waals surface area contributed by atoms with Gasteiger partial charge in [-0.15, -0.1) is 0 Å². The van der Waals surface area contributed by atoms with Gasteiger partial charge < -0.3 is 18.0 Å². The average Bonchev–Trinajstić information content (AvgIpc) is 4.32. The molecule has 0 bridgehead atoms. The molecule has 5 aromatic heterocycles. The maximum atomic E-state index is 6.64. The Bertz CT molecular complexity index is 4990. The second-order valence-electron chi connectivity index (χ2n) is 19.7. The number of para-hydroxylation sites is 3. The molecule has 0 aliphatic heterocycles. The molecule has 6 nitrogen and oxygen atoms in total. The molecular weight excluding hydrogens is 929 g/mol. The zero-order chi connectivity index (χ0) is 49.8. The Morgan fingerprint density at radius 2 is 0.711 bits per heavy atom. The Kier molecular flexibility index (Phi) is 9.23. The number of hydrogen-bond acceptors (Lipinski definition) is 4. The molecule has 0 fully saturated rings. The number of furan rings is 2. The third-order valence-electron chi connectivity index (χ3n) is 15.3. The summed E-state index contributed by atoms with van der Waals surface area (Å²) in [6, 6.07) is 90.7. The van der Waals surface area contributed by atoms with Crippen molar-refractivity contribution in [3.63, 3.8) is 0 Å². The van der Waals surface area contributed by atoms with Crippen molar-refractivity contribution in [2.45, 2.75) is 0 Å². The molecule has 16 rings (SSSR count). The van der Waals surface area contributed by atoms with Crippen LogP contribution in [0.5, 0.6) is 0 Å². The van der Waals surface area contributed by atoms with Crippen molar-refractivity contribution < 1.29 is 8.83 Å². The summed E-state index contributed by atoms with van der Waals surface area (Å²) in [7, 11) is 0. The minimum Gasteiger partial charge on any atom is -0.456 e. The lowest BCUT2D eigenvalue weighted by atomic mass is 9.98. The molecule has 0 aliphatic carbocycles. The summed E-state index contributed by atoms with van der Waals surface area (Å²) in [6.45, 7) is 0. The van der Waals surface area contributed by atoms with Gasteiger partial charge in [0.15, 0.2) is 11.4 Å². The van der Waals surface area contributed by atoms with Crippen LogP contribution in [-0.2, 0) is 0 Å². The van der Waals surface area contributed by atoms with Gasteiger partial charge in [-0.05, 0) is 130 Å². The molecule has 5 heterocycles. The molecule has 0 spiro atoms. The normalized spacial score (nSPS) is 11.9. The van der Waals surface area contributed by atoms with Crippen molar-refractivity contribution in [3.05, 3.63) is 255 Å². The average molecular weight is 971 g/mol. The summed E-state index contributed by atoms with van der Waals surface area (Å²) in [4.78, 5) is 10.3. The predicted molar refractivity (Wildman–Crippen MR) is 312 cm³/mol. The lowest BCUT2D eigenvalue weighted by Gasteiger charge is -2.11. The molecule has 0 saturated heterocycles. The summed E-state index contributed by atoms with van der Waals surface area (Å²) >= 11 is 0. The van der Waals surface area contributed by atoms with Crippen molar-refractivity contribution in [1.29, 1.82) is 0 Å². The van der Waals surface area contributed by atoms with Crippen LogP contribution in [0, 0.1) is 0 Å². The highest BCUT2D eigenvalue weighted by Gasteiger charge is 2.21. The van der Waals surface area contributed by atoms with Crippen LogP contribution in [0.3, 0.4) is 0 Å². The monoisotopic (exact) mass is 970 g/mol. The fourth-order valence-electron chi connectivity index (χ4n) is 11.7. The summed E-state index contributed by atoms with van der Waals surface area (Å²) in [5, 5.41) is 7.98. The first-order valence-electron chi connectivity index (χ1n) is 25.7. The molecule has 0 atom stereocenters. The van der Waals surface area contributed by atoms with Crippen LogP contribution in [-0.4, -0.2) is 19.1 Å². The smallest absolute Gasteiger partial charge is 0.180 e. The minimum atomic E-state index is 0.659. The van der Waals surface area contributed by atoms with Crippen molar-refractivity contribution in [3.8, 4) is 67.4 Å². The largest absolute Gasteiger partial charge is 0.456 e. The van der Waals surface area contributed by atoms with Gasteiger partial charge >= 0.3 is 0 Å². The molecule has 0 saturated carbocycles. The standard InChI is InChI=1S/C70H42N4O2/c1-4-15-43(16-5-1)67-69-68(72-70(71-67)44-17-6-2-7-18-44)59-42-50(31-36-66(59)76-69)45-19-14-22-52(37-45)74-62-33-28-47(46-27-32-61-55(38-46)53-23-10-12-25-60(53)73(61)51-20-8-3-9-21-51)39-56(62)57-40-48(29-34-63(57)74)49-30-35-65-58(41-49)54-24-11-13-26-64(54)75-65/h1-42H. The Morgan fingerprint density at radius 3 is 1.38 bits per heavy atom. The molecule has 0 amide bonds. The van der Waals surface area contributed by atoms with Crippen molar-refractivity contribution in [2.24, 2.45) is 0 Å². The molecule has 0 aliphatic rings. The first kappa shape index (κ1) is 42.2. The SMILES string of the molecule is c1ccc(-c2nc(-c3ccccc3)c3oc4ccc(-c5cccc(-n6c7ccc(-c8ccc9oc%10ccccc%10c9c8)cc7c7cc(-c8ccc9c(c8)c8ccccc8n9-c8ccccc8)ccc76)c5)cc4c3n2)cc1. The van der Waals surface area contributed by atoms with Crippen molar-refractivity contribution in [1.82, 2.24) is 19.1 Å². The third-order valence-corrected chi connectivity index (χ3v) is 15.3. The van der Waals surface area contributed by atoms with Crippen LogP contribution < -0.4 is 0 Å².